The monoisotopic (exact) mass is 435 g/mol. The summed E-state index contributed by atoms with van der Waals surface area (Å²) in [5.41, 5.74) is 1.94. The summed E-state index contributed by atoms with van der Waals surface area (Å²) in [6.45, 7) is 3.18. The van der Waals surface area contributed by atoms with Crippen molar-refractivity contribution in [2.45, 2.75) is 19.8 Å². The molecular formula is C23H22FN5O3. The molecule has 0 unspecified atom stereocenters. The fraction of sp³-hybridized carbons (Fsp3) is 0.304. The molecule has 2 aromatic heterocycles. The molecule has 1 saturated heterocycles. The van der Waals surface area contributed by atoms with Crippen molar-refractivity contribution >= 4 is 29.0 Å². The molecule has 8 nitrogen and oxygen atoms in total. The van der Waals surface area contributed by atoms with E-state index in [4.69, 9.17) is 4.74 Å². The van der Waals surface area contributed by atoms with Crippen molar-refractivity contribution < 1.29 is 18.7 Å². The second kappa shape index (κ2) is 9.06. The van der Waals surface area contributed by atoms with Gasteiger partial charge in [-0.05, 0) is 50.1 Å². The number of nitrogens with one attached hydrogen (secondary N) is 1. The van der Waals surface area contributed by atoms with Crippen molar-refractivity contribution in [1.82, 2.24) is 9.38 Å². The van der Waals surface area contributed by atoms with Gasteiger partial charge in [0.15, 0.2) is 0 Å². The van der Waals surface area contributed by atoms with E-state index in [1.807, 2.05) is 11.0 Å². The van der Waals surface area contributed by atoms with E-state index in [2.05, 4.69) is 10.3 Å². The number of pyridine rings is 1. The fourth-order valence-corrected chi connectivity index (χ4v) is 3.89. The van der Waals surface area contributed by atoms with Gasteiger partial charge in [-0.1, -0.05) is 0 Å². The molecule has 0 atom stereocenters. The van der Waals surface area contributed by atoms with E-state index in [0.717, 1.165) is 0 Å². The highest BCUT2D eigenvalue weighted by atomic mass is 19.1. The molecule has 1 fully saturated rings. The van der Waals surface area contributed by atoms with Gasteiger partial charge in [-0.25, -0.2) is 14.2 Å². The number of esters is 1. The number of nitrogens with zero attached hydrogens (tertiary/aromatic N) is 4. The van der Waals surface area contributed by atoms with E-state index < -0.39 is 11.8 Å². The number of aromatic nitrogens is 2. The van der Waals surface area contributed by atoms with E-state index >= 15 is 0 Å². The topological polar surface area (TPSA) is 99.7 Å². The lowest BCUT2D eigenvalue weighted by Gasteiger charge is -2.33. The van der Waals surface area contributed by atoms with Gasteiger partial charge in [0.05, 0.1) is 29.6 Å². The highest BCUT2D eigenvalue weighted by Crippen LogP contribution is 2.27. The SMILES string of the molecule is CCOC(=O)c1ccc2ncc(NC(=O)C3CCN(c4ccc(F)cc4C#N)CC3)n2c1. The zero-order chi connectivity index (χ0) is 22.7. The van der Waals surface area contributed by atoms with Crippen molar-refractivity contribution in [3.8, 4) is 6.07 Å². The molecule has 0 aliphatic carbocycles. The predicted molar refractivity (Wildman–Crippen MR) is 116 cm³/mol. The summed E-state index contributed by atoms with van der Waals surface area (Å²) in [4.78, 5) is 31.2. The molecule has 0 spiro atoms. The van der Waals surface area contributed by atoms with Gasteiger partial charge < -0.3 is 15.0 Å². The first-order chi connectivity index (χ1) is 15.5. The third-order valence-corrected chi connectivity index (χ3v) is 5.55. The molecule has 3 aromatic rings. The number of imidazole rings is 1. The van der Waals surface area contributed by atoms with Gasteiger partial charge >= 0.3 is 5.97 Å². The number of hydrogen-bond donors (Lipinski definition) is 1. The molecule has 0 saturated carbocycles. The third kappa shape index (κ3) is 4.25. The number of fused-ring (bicyclic) bond motifs is 1. The molecule has 9 heteroatoms. The summed E-state index contributed by atoms with van der Waals surface area (Å²) in [6, 6.07) is 9.52. The number of amides is 1. The Labute approximate surface area is 184 Å². The summed E-state index contributed by atoms with van der Waals surface area (Å²) in [5, 5.41) is 12.2. The molecule has 0 bridgehead atoms. The van der Waals surface area contributed by atoms with Gasteiger partial charge in [-0.2, -0.15) is 5.26 Å². The Bertz CT molecular complexity index is 1210. The van der Waals surface area contributed by atoms with E-state index in [1.165, 1.54) is 12.1 Å². The first kappa shape index (κ1) is 21.3. The summed E-state index contributed by atoms with van der Waals surface area (Å²) in [7, 11) is 0. The van der Waals surface area contributed by atoms with E-state index in [-0.39, 0.29) is 24.0 Å². The zero-order valence-electron chi connectivity index (χ0n) is 17.5. The number of benzene rings is 1. The van der Waals surface area contributed by atoms with Crippen molar-refractivity contribution in [3.05, 3.63) is 59.7 Å². The van der Waals surface area contributed by atoms with E-state index in [1.54, 1.807) is 41.9 Å². The lowest BCUT2D eigenvalue weighted by atomic mass is 9.95. The zero-order valence-corrected chi connectivity index (χ0v) is 17.5. The molecule has 1 amide bonds. The Morgan fingerprint density at radius 3 is 2.78 bits per heavy atom. The molecule has 4 rings (SSSR count). The summed E-state index contributed by atoms with van der Waals surface area (Å²) < 4.78 is 20.1. The maximum absolute atomic E-state index is 13.4. The normalized spacial score (nSPS) is 14.2. The highest BCUT2D eigenvalue weighted by molar-refractivity contribution is 5.93. The second-order valence-electron chi connectivity index (χ2n) is 7.53. The molecule has 32 heavy (non-hydrogen) atoms. The second-order valence-corrected chi connectivity index (χ2v) is 7.53. The summed E-state index contributed by atoms with van der Waals surface area (Å²) in [5.74, 6) is -0.753. The molecule has 1 N–H and O–H groups in total. The van der Waals surface area contributed by atoms with Crippen molar-refractivity contribution in [3.63, 3.8) is 0 Å². The van der Waals surface area contributed by atoms with Crippen LogP contribution in [0.15, 0.2) is 42.7 Å². The van der Waals surface area contributed by atoms with E-state index in [0.29, 0.717) is 48.6 Å². The first-order valence-electron chi connectivity index (χ1n) is 10.4. The quantitative estimate of drug-likeness (QED) is 0.617. The number of halogens is 1. The van der Waals surface area contributed by atoms with Gasteiger partial charge in [0.1, 0.15) is 23.4 Å². The lowest BCUT2D eigenvalue weighted by molar-refractivity contribution is -0.120. The fourth-order valence-electron chi connectivity index (χ4n) is 3.89. The van der Waals surface area contributed by atoms with Crippen LogP contribution in [0.2, 0.25) is 0 Å². The molecule has 1 aliphatic rings. The number of piperidine rings is 1. The molecule has 164 valence electrons. The minimum atomic E-state index is -0.446. The third-order valence-electron chi connectivity index (χ3n) is 5.55. The van der Waals surface area contributed by atoms with Crippen LogP contribution in [0.5, 0.6) is 0 Å². The average Bonchev–Trinajstić information content (AvgIpc) is 3.21. The standard InChI is InChI=1S/C23H22FN5O3/c1-2-32-23(31)16-3-6-20-26-13-21(29(20)14-16)27-22(30)15-7-9-28(10-8-15)19-5-4-18(24)11-17(19)12-25/h3-6,11,13-15H,2,7-10H2,1H3,(H,27,30). The Balaban J connectivity index is 1.43. The Morgan fingerprint density at radius 2 is 2.06 bits per heavy atom. The maximum atomic E-state index is 13.4. The van der Waals surface area contributed by atoms with Gasteiger partial charge in [-0.15, -0.1) is 0 Å². The van der Waals surface area contributed by atoms with Crippen LogP contribution in [-0.4, -0.2) is 41.0 Å². The van der Waals surface area contributed by atoms with Gasteiger partial charge in [-0.3, -0.25) is 9.20 Å². The average molecular weight is 435 g/mol. The van der Waals surface area contributed by atoms with Gasteiger partial charge in [0.2, 0.25) is 5.91 Å². The van der Waals surface area contributed by atoms with Gasteiger partial charge in [0, 0.05) is 25.2 Å². The van der Waals surface area contributed by atoms with Crippen LogP contribution in [-0.2, 0) is 9.53 Å². The number of carbonyl (C=O) groups excluding carboxylic acids is 2. The van der Waals surface area contributed by atoms with Crippen LogP contribution in [0.4, 0.5) is 15.9 Å². The summed E-state index contributed by atoms with van der Waals surface area (Å²) in [6.07, 6.45) is 4.34. The number of carbonyl (C=O) groups is 2. The number of hydrogen-bond acceptors (Lipinski definition) is 6. The van der Waals surface area contributed by atoms with Gasteiger partial charge in [0.25, 0.3) is 0 Å². The van der Waals surface area contributed by atoms with Crippen LogP contribution in [0, 0.1) is 23.1 Å². The van der Waals surface area contributed by atoms with Crippen LogP contribution in [0.1, 0.15) is 35.7 Å². The number of ether oxygens (including phenoxy) is 1. The van der Waals surface area contributed by atoms with Crippen LogP contribution >= 0.6 is 0 Å². The van der Waals surface area contributed by atoms with Crippen LogP contribution in [0.3, 0.4) is 0 Å². The Hall–Kier alpha value is -3.93. The Kier molecular flexibility index (Phi) is 6.03. The minimum absolute atomic E-state index is 0.132. The minimum Gasteiger partial charge on any atom is -0.462 e. The lowest BCUT2D eigenvalue weighted by Crippen LogP contribution is -2.38. The number of nitriles is 1. The smallest absolute Gasteiger partial charge is 0.339 e. The summed E-state index contributed by atoms with van der Waals surface area (Å²) >= 11 is 0. The highest BCUT2D eigenvalue weighted by Gasteiger charge is 2.27. The Morgan fingerprint density at radius 1 is 1.28 bits per heavy atom. The number of rotatable bonds is 5. The molecule has 3 heterocycles. The molecular weight excluding hydrogens is 413 g/mol. The van der Waals surface area contributed by atoms with Crippen molar-refractivity contribution in [2.75, 3.05) is 29.9 Å². The van der Waals surface area contributed by atoms with E-state index in [9.17, 15) is 19.2 Å². The molecule has 1 aromatic carbocycles. The largest absolute Gasteiger partial charge is 0.462 e. The van der Waals surface area contributed by atoms with Crippen molar-refractivity contribution in [1.29, 1.82) is 5.26 Å². The number of anilines is 2. The maximum Gasteiger partial charge on any atom is 0.339 e. The predicted octanol–water partition coefficient (Wildman–Crippen LogP) is 3.38. The van der Waals surface area contributed by atoms with Crippen LogP contribution in [0.25, 0.3) is 5.65 Å². The first-order valence-corrected chi connectivity index (χ1v) is 10.4. The van der Waals surface area contributed by atoms with Crippen molar-refractivity contribution in [2.24, 2.45) is 5.92 Å². The molecule has 1 aliphatic heterocycles. The van der Waals surface area contributed by atoms with Crippen LogP contribution < -0.4 is 10.2 Å². The molecule has 0 radical (unpaired) electrons.